The minimum Gasteiger partial charge on any atom is -0.508 e. The molecule has 1 N–H and O–H groups in total. The maximum Gasteiger partial charge on any atom is 0.214 e. The summed E-state index contributed by atoms with van der Waals surface area (Å²) in [7, 11) is 3.05. The van der Waals surface area contributed by atoms with E-state index in [1.807, 2.05) is 19.1 Å². The molecule has 0 spiro atoms. The fraction of sp³-hybridized carbons (Fsp3) is 0.240. The number of phenolic OH excluding ortho intramolecular Hbond substituents is 1. The highest BCUT2D eigenvalue weighted by Crippen LogP contribution is 2.41. The lowest BCUT2D eigenvalue weighted by Crippen LogP contribution is -2.23. The van der Waals surface area contributed by atoms with Crippen molar-refractivity contribution >= 4 is 35.3 Å². The first-order chi connectivity index (χ1) is 15.9. The number of nitrogens with zero attached hydrogens (tertiary/aromatic N) is 1. The zero-order valence-electron chi connectivity index (χ0n) is 18.5. The molecule has 0 saturated carbocycles. The Morgan fingerprint density at radius 2 is 1.76 bits per heavy atom. The molecule has 0 aliphatic heterocycles. The van der Waals surface area contributed by atoms with Crippen molar-refractivity contribution in [3.05, 3.63) is 81.3 Å². The summed E-state index contributed by atoms with van der Waals surface area (Å²) in [6.07, 6.45) is 0.130. The molecule has 0 radical (unpaired) electrons. The van der Waals surface area contributed by atoms with Gasteiger partial charge in [0.2, 0.25) is 6.41 Å². The molecule has 0 saturated heterocycles. The molecule has 0 aliphatic rings. The van der Waals surface area contributed by atoms with Crippen molar-refractivity contribution in [1.82, 2.24) is 0 Å². The van der Waals surface area contributed by atoms with Crippen molar-refractivity contribution in [3.63, 3.8) is 0 Å². The smallest absolute Gasteiger partial charge is 0.214 e. The van der Waals surface area contributed by atoms with Gasteiger partial charge in [0.05, 0.1) is 25.8 Å². The normalized spacial score (nSPS) is 11.7. The molecule has 0 aromatic heterocycles. The monoisotopic (exact) mass is 489 g/mol. The van der Waals surface area contributed by atoms with Crippen LogP contribution in [0.4, 0.5) is 5.69 Å². The van der Waals surface area contributed by atoms with Crippen LogP contribution in [0.2, 0.25) is 10.0 Å². The molecule has 3 aromatic rings. The van der Waals surface area contributed by atoms with E-state index in [-0.39, 0.29) is 12.3 Å². The molecule has 174 valence electrons. The number of aromatic hydroxyl groups is 1. The number of rotatable bonds is 10. The molecule has 0 heterocycles. The molecule has 3 rings (SSSR count). The van der Waals surface area contributed by atoms with E-state index in [9.17, 15) is 9.90 Å². The predicted molar refractivity (Wildman–Crippen MR) is 130 cm³/mol. The third kappa shape index (κ3) is 5.53. The number of methoxy groups -OCH3 is 2. The van der Waals surface area contributed by atoms with Crippen LogP contribution in [0, 0.1) is 0 Å². The zero-order chi connectivity index (χ0) is 24.0. The van der Waals surface area contributed by atoms with Gasteiger partial charge >= 0.3 is 0 Å². The van der Waals surface area contributed by atoms with Crippen molar-refractivity contribution in [1.29, 1.82) is 0 Å². The van der Waals surface area contributed by atoms with E-state index >= 15 is 0 Å². The fourth-order valence-corrected chi connectivity index (χ4v) is 4.11. The molecule has 3 aromatic carbocycles. The Hall–Kier alpha value is -2.93. The number of benzene rings is 3. The second kappa shape index (κ2) is 11.3. The van der Waals surface area contributed by atoms with E-state index in [1.165, 1.54) is 18.1 Å². The fourth-order valence-electron chi connectivity index (χ4n) is 3.63. The number of anilines is 1. The Balaban J connectivity index is 2.12. The van der Waals surface area contributed by atoms with Crippen LogP contribution in [-0.4, -0.2) is 32.3 Å². The molecule has 8 heteroatoms. The number of ether oxygens (including phenoxy) is 3. The number of carbonyl (C=O) groups excluding carboxylic acids is 1. The summed E-state index contributed by atoms with van der Waals surface area (Å²) in [6.45, 7) is 2.48. The number of amides is 1. The van der Waals surface area contributed by atoms with Crippen molar-refractivity contribution in [2.75, 3.05) is 25.7 Å². The molecule has 0 fully saturated rings. The third-order valence-corrected chi connectivity index (χ3v) is 5.79. The number of phenols is 1. The number of hydrogen-bond donors (Lipinski definition) is 1. The quantitative estimate of drug-likeness (QED) is 0.353. The van der Waals surface area contributed by atoms with Crippen LogP contribution in [0.15, 0.2) is 54.6 Å². The van der Waals surface area contributed by atoms with E-state index in [2.05, 4.69) is 0 Å². The van der Waals surface area contributed by atoms with E-state index in [4.69, 9.17) is 37.4 Å². The Morgan fingerprint density at radius 3 is 2.42 bits per heavy atom. The van der Waals surface area contributed by atoms with Gasteiger partial charge in [-0.3, -0.25) is 4.79 Å². The predicted octanol–water partition coefficient (Wildman–Crippen LogP) is 6.01. The highest BCUT2D eigenvalue weighted by Gasteiger charge is 2.25. The van der Waals surface area contributed by atoms with Crippen LogP contribution in [0.3, 0.4) is 0 Å². The summed E-state index contributed by atoms with van der Waals surface area (Å²) in [5, 5.41) is 10.7. The van der Waals surface area contributed by atoms with Crippen LogP contribution in [0.25, 0.3) is 0 Å². The van der Waals surface area contributed by atoms with E-state index in [0.29, 0.717) is 45.0 Å². The van der Waals surface area contributed by atoms with Crippen molar-refractivity contribution in [2.45, 2.75) is 19.6 Å². The largest absolute Gasteiger partial charge is 0.508 e. The van der Waals surface area contributed by atoms with E-state index in [1.54, 1.807) is 43.5 Å². The summed E-state index contributed by atoms with van der Waals surface area (Å²) in [4.78, 5) is 13.7. The Bertz CT molecular complexity index is 1120. The van der Waals surface area contributed by atoms with Gasteiger partial charge in [-0.2, -0.15) is 0 Å². The van der Waals surface area contributed by atoms with Crippen molar-refractivity contribution in [2.24, 2.45) is 0 Å². The molecule has 1 atom stereocenters. The van der Waals surface area contributed by atoms with Gasteiger partial charge < -0.3 is 24.2 Å². The van der Waals surface area contributed by atoms with Gasteiger partial charge in [-0.25, -0.2) is 0 Å². The van der Waals surface area contributed by atoms with Crippen LogP contribution in [0.1, 0.15) is 29.7 Å². The van der Waals surface area contributed by atoms with Crippen molar-refractivity contribution < 1.29 is 24.1 Å². The SMILES string of the molecule is CCO[C@@H](c1cc(Cl)ccc1N(C=O)Cc1ccc(O)cc1OC)c1cccc(OC)c1Cl. The first-order valence-corrected chi connectivity index (χ1v) is 11.0. The molecule has 0 bridgehead atoms. The lowest BCUT2D eigenvalue weighted by molar-refractivity contribution is -0.107. The molecule has 0 unspecified atom stereocenters. The van der Waals surface area contributed by atoms with E-state index < -0.39 is 6.10 Å². The second-order valence-electron chi connectivity index (χ2n) is 7.13. The van der Waals surface area contributed by atoms with Gasteiger partial charge in [-0.05, 0) is 43.3 Å². The zero-order valence-corrected chi connectivity index (χ0v) is 20.1. The molecule has 6 nitrogen and oxygen atoms in total. The highest BCUT2D eigenvalue weighted by molar-refractivity contribution is 6.33. The highest BCUT2D eigenvalue weighted by atomic mass is 35.5. The lowest BCUT2D eigenvalue weighted by Gasteiger charge is -2.27. The summed E-state index contributed by atoms with van der Waals surface area (Å²) < 4.78 is 16.8. The average Bonchev–Trinajstić information content (AvgIpc) is 2.82. The summed E-state index contributed by atoms with van der Waals surface area (Å²) >= 11 is 13.0. The van der Waals surface area contributed by atoms with E-state index in [0.717, 1.165) is 12.0 Å². The van der Waals surface area contributed by atoms with Gasteiger partial charge in [-0.1, -0.05) is 35.3 Å². The first-order valence-electron chi connectivity index (χ1n) is 10.2. The third-order valence-electron chi connectivity index (χ3n) is 5.15. The molecule has 1 amide bonds. The standard InChI is InChI=1S/C25H25Cl2NO5/c1-4-33-25(19-6-5-7-22(31-2)24(19)27)20-12-17(26)9-11-21(20)28(15-29)14-16-8-10-18(30)13-23(16)32-3/h5-13,15,25,30H,4,14H2,1-3H3/t25-/m1/s1. The summed E-state index contributed by atoms with van der Waals surface area (Å²) in [5.74, 6) is 1.06. The van der Waals surface area contributed by atoms with Gasteiger partial charge in [0.15, 0.2) is 0 Å². The number of hydrogen-bond acceptors (Lipinski definition) is 5. The number of halogens is 2. The minimum absolute atomic E-state index is 0.0736. The lowest BCUT2D eigenvalue weighted by atomic mass is 9.98. The maximum atomic E-state index is 12.2. The molecule has 33 heavy (non-hydrogen) atoms. The van der Waals surface area contributed by atoms with Crippen LogP contribution in [0.5, 0.6) is 17.2 Å². The molecule has 0 aliphatic carbocycles. The maximum absolute atomic E-state index is 12.2. The molecular formula is C25H25Cl2NO5. The van der Waals surface area contributed by atoms with Crippen molar-refractivity contribution in [3.8, 4) is 17.2 Å². The summed E-state index contributed by atoms with van der Waals surface area (Å²) in [5.41, 5.74) is 2.68. The van der Waals surface area contributed by atoms with Gasteiger partial charge in [0.1, 0.15) is 23.4 Å². The number of carbonyl (C=O) groups is 1. The van der Waals surface area contributed by atoms with Gasteiger partial charge in [0.25, 0.3) is 0 Å². The Labute approximate surface area is 203 Å². The van der Waals surface area contributed by atoms with Gasteiger partial charge in [-0.15, -0.1) is 0 Å². The topological polar surface area (TPSA) is 68.2 Å². The molecular weight excluding hydrogens is 465 g/mol. The first kappa shape index (κ1) is 24.7. The van der Waals surface area contributed by atoms with Crippen LogP contribution >= 0.6 is 23.2 Å². The second-order valence-corrected chi connectivity index (χ2v) is 7.95. The average molecular weight is 490 g/mol. The van der Waals surface area contributed by atoms with Gasteiger partial charge in [0, 0.05) is 40.1 Å². The van der Waals surface area contributed by atoms with Crippen LogP contribution in [-0.2, 0) is 16.1 Å². The van der Waals surface area contributed by atoms with Crippen LogP contribution < -0.4 is 14.4 Å². The minimum atomic E-state index is -0.601. The Kier molecular flexibility index (Phi) is 8.44. The Morgan fingerprint density at radius 1 is 1.00 bits per heavy atom. The summed E-state index contributed by atoms with van der Waals surface area (Å²) in [6, 6.07) is 15.4.